The largest absolute Gasteiger partial charge is 0.498 e. The Morgan fingerprint density at radius 1 is 1.80 bits per heavy atom. The molecule has 0 aliphatic carbocycles. The Labute approximate surface area is 60.6 Å². The monoisotopic (exact) mass is 162 g/mol. The second-order valence-corrected chi connectivity index (χ2v) is 4.64. The van der Waals surface area contributed by atoms with Crippen LogP contribution in [0.2, 0.25) is 0 Å². The lowest BCUT2D eigenvalue weighted by Gasteiger charge is -2.05. The van der Waals surface area contributed by atoms with E-state index >= 15 is 0 Å². The molecule has 0 radical (unpaired) electrons. The molecule has 1 rings (SSSR count). The van der Waals surface area contributed by atoms with E-state index in [0.29, 0.717) is 0 Å². The van der Waals surface area contributed by atoms with Crippen molar-refractivity contribution in [3.63, 3.8) is 0 Å². The van der Waals surface area contributed by atoms with Gasteiger partial charge in [0.15, 0.2) is 9.84 Å². The van der Waals surface area contributed by atoms with Gasteiger partial charge in [-0.2, -0.15) is 0 Å². The van der Waals surface area contributed by atoms with Crippen LogP contribution in [0.3, 0.4) is 0 Å². The fourth-order valence-electron chi connectivity index (χ4n) is 0.857. The summed E-state index contributed by atoms with van der Waals surface area (Å²) in [5.74, 6) is 0.266. The minimum Gasteiger partial charge on any atom is -0.498 e. The molecular formula is C6H10O3S. The Kier molecular flexibility index (Phi) is 1.72. The van der Waals surface area contributed by atoms with Crippen molar-refractivity contribution in [1.29, 1.82) is 0 Å². The van der Waals surface area contributed by atoms with Gasteiger partial charge in [0.1, 0.15) is 11.4 Å². The summed E-state index contributed by atoms with van der Waals surface area (Å²) in [5, 5.41) is -0.287. The highest BCUT2D eigenvalue weighted by atomic mass is 32.2. The van der Waals surface area contributed by atoms with E-state index in [9.17, 15) is 8.42 Å². The van der Waals surface area contributed by atoms with Crippen LogP contribution in [-0.4, -0.2) is 25.5 Å². The smallest absolute Gasteiger partial charge is 0.159 e. The molecule has 2 atom stereocenters. The molecule has 1 heterocycles. The van der Waals surface area contributed by atoms with Crippen molar-refractivity contribution in [3.05, 3.63) is 12.8 Å². The lowest BCUT2D eigenvalue weighted by Crippen LogP contribution is -2.13. The van der Waals surface area contributed by atoms with Crippen LogP contribution in [0.1, 0.15) is 6.92 Å². The first-order valence-electron chi connectivity index (χ1n) is 3.06. The summed E-state index contributed by atoms with van der Waals surface area (Å²) in [6.07, 6.45) is 1.04. The van der Waals surface area contributed by atoms with E-state index in [-0.39, 0.29) is 17.1 Å². The zero-order valence-electron chi connectivity index (χ0n) is 5.78. The zero-order valence-corrected chi connectivity index (χ0v) is 6.60. The third kappa shape index (κ3) is 1.31. The fraction of sp³-hybridized carbons (Fsp3) is 0.667. The number of hydrogen-bond donors (Lipinski definition) is 0. The van der Waals surface area contributed by atoms with E-state index in [1.165, 1.54) is 6.26 Å². The van der Waals surface area contributed by atoms with Crippen LogP contribution in [0.4, 0.5) is 0 Å². The van der Waals surface area contributed by atoms with Crippen LogP contribution in [0, 0.1) is 0 Å². The fourth-order valence-corrected chi connectivity index (χ4v) is 2.49. The minimum absolute atomic E-state index is 0.234. The lowest BCUT2D eigenvalue weighted by atomic mass is 10.3. The van der Waals surface area contributed by atoms with Gasteiger partial charge in [-0.25, -0.2) is 8.42 Å². The maximum atomic E-state index is 10.7. The van der Waals surface area contributed by atoms with E-state index in [4.69, 9.17) is 4.74 Å². The van der Waals surface area contributed by atoms with Crippen LogP contribution >= 0.6 is 0 Å². The molecule has 1 saturated heterocycles. The average molecular weight is 162 g/mol. The molecule has 0 amide bonds. The lowest BCUT2D eigenvalue weighted by molar-refractivity contribution is 0.170. The molecule has 0 aromatic rings. The molecule has 4 heteroatoms. The molecule has 0 aromatic carbocycles. The highest BCUT2D eigenvalue weighted by molar-refractivity contribution is 7.99. The van der Waals surface area contributed by atoms with E-state index < -0.39 is 9.84 Å². The molecule has 1 aliphatic heterocycles. The van der Waals surface area contributed by atoms with Crippen LogP contribution in [0.25, 0.3) is 0 Å². The van der Waals surface area contributed by atoms with Gasteiger partial charge in [0.05, 0.1) is 12.0 Å². The molecule has 2 unspecified atom stereocenters. The average Bonchev–Trinajstić information content (AvgIpc) is 2.41. The van der Waals surface area contributed by atoms with Gasteiger partial charge in [-0.3, -0.25) is 0 Å². The minimum atomic E-state index is -2.75. The van der Waals surface area contributed by atoms with Crippen LogP contribution < -0.4 is 0 Å². The standard InChI is InChI=1S/C6H10O3S/c1-3-9-5(2)6-4-10(6,7)8/h3,5-6H,1,4H2,2H3. The Balaban J connectivity index is 2.47. The molecule has 58 valence electrons. The van der Waals surface area contributed by atoms with Gasteiger partial charge in [-0.15, -0.1) is 0 Å². The van der Waals surface area contributed by atoms with Gasteiger partial charge in [-0.05, 0) is 6.92 Å². The molecule has 0 spiro atoms. The number of sulfone groups is 1. The van der Waals surface area contributed by atoms with Gasteiger partial charge >= 0.3 is 0 Å². The van der Waals surface area contributed by atoms with Gasteiger partial charge in [0.25, 0.3) is 0 Å². The number of rotatable bonds is 3. The molecular weight excluding hydrogens is 152 g/mol. The summed E-state index contributed by atoms with van der Waals surface area (Å²) >= 11 is 0. The van der Waals surface area contributed by atoms with Crippen molar-refractivity contribution in [2.45, 2.75) is 18.3 Å². The van der Waals surface area contributed by atoms with Crippen molar-refractivity contribution >= 4 is 9.84 Å². The van der Waals surface area contributed by atoms with Crippen molar-refractivity contribution in [1.82, 2.24) is 0 Å². The summed E-state index contributed by atoms with van der Waals surface area (Å²) in [6.45, 7) is 5.07. The van der Waals surface area contributed by atoms with E-state index in [1.54, 1.807) is 6.92 Å². The first-order valence-corrected chi connectivity index (χ1v) is 4.77. The van der Waals surface area contributed by atoms with E-state index in [1.807, 2.05) is 0 Å². The molecule has 0 aromatic heterocycles. The maximum absolute atomic E-state index is 10.7. The molecule has 0 saturated carbocycles. The molecule has 3 nitrogen and oxygen atoms in total. The third-order valence-corrected chi connectivity index (χ3v) is 3.44. The second kappa shape index (κ2) is 2.27. The normalized spacial score (nSPS) is 30.7. The van der Waals surface area contributed by atoms with Gasteiger partial charge in [0.2, 0.25) is 0 Å². The predicted octanol–water partition coefficient (Wildman–Crippen LogP) is 0.332. The SMILES string of the molecule is C=COC(C)C1CS1(=O)=O. The molecule has 0 bridgehead atoms. The Bertz CT molecular complexity index is 229. The maximum Gasteiger partial charge on any atom is 0.159 e. The first kappa shape index (κ1) is 7.60. The Hall–Kier alpha value is -0.510. The summed E-state index contributed by atoms with van der Waals surface area (Å²) in [7, 11) is -2.75. The highest BCUT2D eigenvalue weighted by Gasteiger charge is 2.48. The van der Waals surface area contributed by atoms with Crippen LogP contribution in [0.15, 0.2) is 12.8 Å². The zero-order chi connectivity index (χ0) is 7.78. The Morgan fingerprint density at radius 2 is 2.30 bits per heavy atom. The van der Waals surface area contributed by atoms with E-state index in [0.717, 1.165) is 0 Å². The van der Waals surface area contributed by atoms with Gasteiger partial charge in [-0.1, -0.05) is 6.58 Å². The van der Waals surface area contributed by atoms with Crippen molar-refractivity contribution in [2.24, 2.45) is 0 Å². The van der Waals surface area contributed by atoms with E-state index in [2.05, 4.69) is 6.58 Å². The molecule has 10 heavy (non-hydrogen) atoms. The van der Waals surface area contributed by atoms with Crippen molar-refractivity contribution < 1.29 is 13.2 Å². The second-order valence-electron chi connectivity index (χ2n) is 2.38. The molecule has 1 aliphatic rings. The molecule has 0 N–H and O–H groups in total. The summed E-state index contributed by atoms with van der Waals surface area (Å²) in [4.78, 5) is 0. The predicted molar refractivity (Wildman–Crippen MR) is 38.3 cm³/mol. The quantitative estimate of drug-likeness (QED) is 0.443. The van der Waals surface area contributed by atoms with Gasteiger partial charge in [0, 0.05) is 0 Å². The van der Waals surface area contributed by atoms with Crippen molar-refractivity contribution in [2.75, 3.05) is 5.75 Å². The third-order valence-electron chi connectivity index (χ3n) is 1.58. The summed E-state index contributed by atoms with van der Waals surface area (Å²) in [5.41, 5.74) is 0. The van der Waals surface area contributed by atoms with Crippen LogP contribution in [-0.2, 0) is 14.6 Å². The van der Waals surface area contributed by atoms with Crippen molar-refractivity contribution in [3.8, 4) is 0 Å². The molecule has 1 fully saturated rings. The summed E-state index contributed by atoms with van der Waals surface area (Å²) < 4.78 is 26.2. The number of hydrogen-bond acceptors (Lipinski definition) is 3. The summed E-state index contributed by atoms with van der Waals surface area (Å²) in [6, 6.07) is 0. The van der Waals surface area contributed by atoms with Crippen LogP contribution in [0.5, 0.6) is 0 Å². The Morgan fingerprint density at radius 3 is 2.60 bits per heavy atom. The highest BCUT2D eigenvalue weighted by Crippen LogP contribution is 2.26. The first-order chi connectivity index (χ1) is 4.58. The van der Waals surface area contributed by atoms with Gasteiger partial charge < -0.3 is 4.74 Å². The number of ether oxygens (including phenoxy) is 1. The topological polar surface area (TPSA) is 43.4 Å².